The first-order chi connectivity index (χ1) is 8.83. The summed E-state index contributed by atoms with van der Waals surface area (Å²) in [6.07, 6.45) is 8.75. The van der Waals surface area contributed by atoms with E-state index in [0.29, 0.717) is 5.13 Å². The Labute approximate surface area is 112 Å². The summed E-state index contributed by atoms with van der Waals surface area (Å²) in [5, 5.41) is 0.640. The quantitative estimate of drug-likeness (QED) is 0.865. The number of nitrogen functional groups attached to an aromatic ring is 1. The molecule has 0 unspecified atom stereocenters. The van der Waals surface area contributed by atoms with E-state index in [0.717, 1.165) is 10.8 Å². The maximum absolute atomic E-state index is 5.67. The number of hydrogen-bond acceptors (Lipinski definition) is 3. The van der Waals surface area contributed by atoms with E-state index in [9.17, 15) is 0 Å². The Morgan fingerprint density at radius 1 is 1.06 bits per heavy atom. The molecule has 3 rings (SSSR count). The van der Waals surface area contributed by atoms with Gasteiger partial charge in [0.15, 0.2) is 5.13 Å². The maximum atomic E-state index is 5.67. The molecule has 0 aliphatic heterocycles. The molecular formula is C15H18N2S. The largest absolute Gasteiger partial charge is 0.375 e. The van der Waals surface area contributed by atoms with Crippen LogP contribution in [0.4, 0.5) is 5.13 Å². The lowest BCUT2D eigenvalue weighted by Crippen LogP contribution is -2.03. The molecule has 0 atom stereocenters. The number of benzene rings is 1. The molecule has 1 aromatic heterocycles. The van der Waals surface area contributed by atoms with Gasteiger partial charge < -0.3 is 5.73 Å². The van der Waals surface area contributed by atoms with Gasteiger partial charge in [0.05, 0.1) is 4.88 Å². The fourth-order valence-electron chi connectivity index (χ4n) is 2.78. The van der Waals surface area contributed by atoms with Gasteiger partial charge in [0.25, 0.3) is 0 Å². The molecule has 1 fully saturated rings. The van der Waals surface area contributed by atoms with E-state index in [1.807, 2.05) is 6.20 Å². The van der Waals surface area contributed by atoms with Crippen LogP contribution in [0.15, 0.2) is 30.5 Å². The van der Waals surface area contributed by atoms with Crippen LogP contribution in [0.1, 0.15) is 43.6 Å². The highest BCUT2D eigenvalue weighted by molar-refractivity contribution is 7.18. The van der Waals surface area contributed by atoms with E-state index in [1.54, 1.807) is 11.3 Å². The van der Waals surface area contributed by atoms with Gasteiger partial charge >= 0.3 is 0 Å². The highest BCUT2D eigenvalue weighted by atomic mass is 32.1. The van der Waals surface area contributed by atoms with Gasteiger partial charge in [0.1, 0.15) is 0 Å². The molecule has 0 radical (unpaired) electrons. The average Bonchev–Trinajstić information content (AvgIpc) is 2.87. The molecule has 1 saturated carbocycles. The molecule has 0 amide bonds. The summed E-state index contributed by atoms with van der Waals surface area (Å²) in [5.74, 6) is 0.777. The normalized spacial score (nSPS) is 16.9. The van der Waals surface area contributed by atoms with Crippen molar-refractivity contribution >= 4 is 16.5 Å². The Kier molecular flexibility index (Phi) is 3.33. The number of hydrogen-bond donors (Lipinski definition) is 1. The van der Waals surface area contributed by atoms with Crippen LogP contribution in [0.25, 0.3) is 10.4 Å². The second-order valence-corrected chi connectivity index (χ2v) is 6.08. The Bertz CT molecular complexity index is 510. The van der Waals surface area contributed by atoms with Crippen LogP contribution < -0.4 is 5.73 Å². The molecule has 2 aromatic rings. The first-order valence-corrected chi connectivity index (χ1v) is 7.46. The van der Waals surface area contributed by atoms with Gasteiger partial charge in [-0.3, -0.25) is 0 Å². The van der Waals surface area contributed by atoms with Crippen LogP contribution in [0.2, 0.25) is 0 Å². The Morgan fingerprint density at radius 3 is 2.39 bits per heavy atom. The molecule has 0 saturated heterocycles. The van der Waals surface area contributed by atoms with Crippen LogP contribution >= 0.6 is 11.3 Å². The number of aromatic nitrogens is 1. The fraction of sp³-hybridized carbons (Fsp3) is 0.400. The molecule has 1 heterocycles. The average molecular weight is 258 g/mol. The third-order valence-corrected chi connectivity index (χ3v) is 4.67. The van der Waals surface area contributed by atoms with Crippen molar-refractivity contribution in [3.63, 3.8) is 0 Å². The lowest BCUT2D eigenvalue weighted by atomic mass is 9.84. The molecule has 1 aliphatic rings. The summed E-state index contributed by atoms with van der Waals surface area (Å²) in [5.41, 5.74) is 8.39. The first kappa shape index (κ1) is 11.7. The summed E-state index contributed by atoms with van der Waals surface area (Å²) in [4.78, 5) is 5.26. The second-order valence-electron chi connectivity index (χ2n) is 5.02. The highest BCUT2D eigenvalue weighted by Gasteiger charge is 2.15. The summed E-state index contributed by atoms with van der Waals surface area (Å²) < 4.78 is 0. The van der Waals surface area contributed by atoms with Gasteiger partial charge in [-0.1, -0.05) is 54.9 Å². The summed E-state index contributed by atoms with van der Waals surface area (Å²) in [6.45, 7) is 0. The smallest absolute Gasteiger partial charge is 0.180 e. The van der Waals surface area contributed by atoms with Gasteiger partial charge in [0, 0.05) is 6.20 Å². The monoisotopic (exact) mass is 258 g/mol. The number of thiazole rings is 1. The van der Waals surface area contributed by atoms with Crippen LogP contribution in [-0.4, -0.2) is 4.98 Å². The fourth-order valence-corrected chi connectivity index (χ4v) is 3.47. The number of nitrogens with zero attached hydrogens (tertiary/aromatic N) is 1. The van der Waals surface area contributed by atoms with Crippen LogP contribution in [0.3, 0.4) is 0 Å². The lowest BCUT2D eigenvalue weighted by molar-refractivity contribution is 0.443. The van der Waals surface area contributed by atoms with Crippen molar-refractivity contribution in [2.45, 2.75) is 38.0 Å². The van der Waals surface area contributed by atoms with E-state index >= 15 is 0 Å². The highest BCUT2D eigenvalue weighted by Crippen LogP contribution is 2.34. The molecule has 2 nitrogen and oxygen atoms in total. The van der Waals surface area contributed by atoms with Crippen molar-refractivity contribution < 1.29 is 0 Å². The van der Waals surface area contributed by atoms with Crippen molar-refractivity contribution in [1.29, 1.82) is 0 Å². The van der Waals surface area contributed by atoms with Gasteiger partial charge in [-0.15, -0.1) is 0 Å². The van der Waals surface area contributed by atoms with E-state index in [-0.39, 0.29) is 0 Å². The lowest BCUT2D eigenvalue weighted by Gasteiger charge is -2.22. The minimum Gasteiger partial charge on any atom is -0.375 e. The molecule has 3 heteroatoms. The molecule has 2 N–H and O–H groups in total. The molecule has 1 aromatic carbocycles. The van der Waals surface area contributed by atoms with Crippen molar-refractivity contribution in [2.24, 2.45) is 0 Å². The van der Waals surface area contributed by atoms with E-state index in [4.69, 9.17) is 5.73 Å². The SMILES string of the molecule is Nc1ncc(-c2ccc(C3CCCCC3)cc2)s1. The minimum atomic E-state index is 0.640. The summed E-state index contributed by atoms with van der Waals surface area (Å²) >= 11 is 1.55. The predicted octanol–water partition coefficient (Wildman–Crippen LogP) is 4.44. The van der Waals surface area contributed by atoms with Gasteiger partial charge in [0.2, 0.25) is 0 Å². The number of nitrogens with two attached hydrogens (primary N) is 1. The van der Waals surface area contributed by atoms with Crippen molar-refractivity contribution in [3.8, 4) is 10.4 Å². The standard InChI is InChI=1S/C15H18N2S/c16-15-17-10-14(18-15)13-8-6-12(7-9-13)11-4-2-1-3-5-11/h6-11H,1-5H2,(H2,16,17). The van der Waals surface area contributed by atoms with Crippen LogP contribution in [0, 0.1) is 0 Å². The number of anilines is 1. The third kappa shape index (κ3) is 2.41. The first-order valence-electron chi connectivity index (χ1n) is 6.64. The summed E-state index contributed by atoms with van der Waals surface area (Å²) in [6, 6.07) is 8.97. The number of rotatable bonds is 2. The Balaban J connectivity index is 1.80. The molecular weight excluding hydrogens is 240 g/mol. The van der Waals surface area contributed by atoms with E-state index in [1.165, 1.54) is 43.2 Å². The zero-order valence-corrected chi connectivity index (χ0v) is 11.2. The maximum Gasteiger partial charge on any atom is 0.180 e. The third-order valence-electron chi connectivity index (χ3n) is 3.80. The topological polar surface area (TPSA) is 38.9 Å². The van der Waals surface area contributed by atoms with Crippen molar-refractivity contribution in [3.05, 3.63) is 36.0 Å². The van der Waals surface area contributed by atoms with Crippen molar-refractivity contribution in [2.75, 3.05) is 5.73 Å². The predicted molar refractivity (Wildman–Crippen MR) is 77.8 cm³/mol. The minimum absolute atomic E-state index is 0.640. The zero-order chi connectivity index (χ0) is 12.4. The zero-order valence-electron chi connectivity index (χ0n) is 10.4. The summed E-state index contributed by atoms with van der Waals surface area (Å²) in [7, 11) is 0. The Morgan fingerprint density at radius 2 is 1.78 bits per heavy atom. The van der Waals surface area contributed by atoms with Crippen LogP contribution in [0.5, 0.6) is 0 Å². The van der Waals surface area contributed by atoms with Gasteiger partial charge in [-0.2, -0.15) is 0 Å². The molecule has 0 spiro atoms. The molecule has 0 bridgehead atoms. The Hall–Kier alpha value is -1.35. The molecule has 18 heavy (non-hydrogen) atoms. The molecule has 94 valence electrons. The molecule has 1 aliphatic carbocycles. The van der Waals surface area contributed by atoms with Crippen LogP contribution in [-0.2, 0) is 0 Å². The van der Waals surface area contributed by atoms with Gasteiger partial charge in [-0.05, 0) is 29.9 Å². The van der Waals surface area contributed by atoms with E-state index in [2.05, 4.69) is 29.2 Å². The van der Waals surface area contributed by atoms with E-state index < -0.39 is 0 Å². The second kappa shape index (κ2) is 5.11. The van der Waals surface area contributed by atoms with Crippen molar-refractivity contribution in [1.82, 2.24) is 4.98 Å². The van der Waals surface area contributed by atoms with Gasteiger partial charge in [-0.25, -0.2) is 4.98 Å².